The van der Waals surface area contributed by atoms with Gasteiger partial charge in [-0.2, -0.15) is 0 Å². The molecule has 3 aromatic rings. The minimum atomic E-state index is -0.409. The number of anilines is 1. The van der Waals surface area contributed by atoms with E-state index < -0.39 is 7.12 Å². The molecule has 3 aliphatic rings. The summed E-state index contributed by atoms with van der Waals surface area (Å²) in [6.45, 7) is 9.15. The van der Waals surface area contributed by atoms with E-state index in [9.17, 15) is 4.79 Å². The molecule has 1 aliphatic carbocycles. The molecule has 0 bridgehead atoms. The van der Waals surface area contributed by atoms with Crippen LogP contribution in [0.3, 0.4) is 0 Å². The number of hydrogen-bond donors (Lipinski definition) is 0. The van der Waals surface area contributed by atoms with Crippen molar-refractivity contribution in [3.63, 3.8) is 0 Å². The highest BCUT2D eigenvalue weighted by molar-refractivity contribution is 6.62. The molecule has 5 nitrogen and oxygen atoms in total. The molecule has 178 valence electrons. The number of benzene rings is 3. The van der Waals surface area contributed by atoms with Crippen molar-refractivity contribution in [3.05, 3.63) is 83.4 Å². The minimum Gasteiger partial charge on any atom is -0.448 e. The van der Waals surface area contributed by atoms with Gasteiger partial charge in [-0.05, 0) is 73.5 Å². The van der Waals surface area contributed by atoms with Gasteiger partial charge in [-0.3, -0.25) is 4.90 Å². The summed E-state index contributed by atoms with van der Waals surface area (Å²) >= 11 is 0. The minimum absolute atomic E-state index is 0.0548. The largest absolute Gasteiger partial charge is 0.494 e. The van der Waals surface area contributed by atoms with Gasteiger partial charge in [0.25, 0.3) is 0 Å². The highest BCUT2D eigenvalue weighted by atomic mass is 16.7. The van der Waals surface area contributed by atoms with Crippen molar-refractivity contribution in [2.24, 2.45) is 0 Å². The van der Waals surface area contributed by atoms with E-state index in [4.69, 9.17) is 14.0 Å². The smallest absolute Gasteiger partial charge is 0.448 e. The summed E-state index contributed by atoms with van der Waals surface area (Å²) in [6.07, 6.45) is 0.487. The zero-order valence-corrected chi connectivity index (χ0v) is 20.7. The second kappa shape index (κ2) is 7.97. The molecular formula is C29H30BNO4. The molecule has 0 radical (unpaired) electrons. The highest BCUT2D eigenvalue weighted by Gasteiger charge is 2.51. The Balaban J connectivity index is 1.18. The lowest BCUT2D eigenvalue weighted by molar-refractivity contribution is 0.00578. The van der Waals surface area contributed by atoms with Gasteiger partial charge in [-0.25, -0.2) is 4.79 Å². The number of hydrogen-bond acceptors (Lipinski definition) is 4. The van der Waals surface area contributed by atoms with Crippen LogP contribution in [0.5, 0.6) is 0 Å². The van der Waals surface area contributed by atoms with Gasteiger partial charge in [0, 0.05) is 12.5 Å². The number of rotatable bonds is 3. The molecule has 2 aliphatic heterocycles. The quantitative estimate of drug-likeness (QED) is 0.491. The number of ether oxygens (including phenoxy) is 1. The Kier molecular flexibility index (Phi) is 5.10. The topological polar surface area (TPSA) is 48.0 Å². The van der Waals surface area contributed by atoms with Crippen LogP contribution in [0.2, 0.25) is 0 Å². The Bertz CT molecular complexity index is 1260. The van der Waals surface area contributed by atoms with Crippen LogP contribution in [0.15, 0.2) is 66.7 Å². The van der Waals surface area contributed by atoms with E-state index in [-0.39, 0.29) is 23.2 Å². The van der Waals surface area contributed by atoms with Crippen LogP contribution < -0.4 is 10.4 Å². The molecule has 1 amide bonds. The van der Waals surface area contributed by atoms with Crippen LogP contribution in [0.1, 0.15) is 50.3 Å². The van der Waals surface area contributed by atoms with Crippen LogP contribution in [0.25, 0.3) is 11.1 Å². The lowest BCUT2D eigenvalue weighted by Crippen LogP contribution is -2.41. The molecule has 6 rings (SSSR count). The summed E-state index contributed by atoms with van der Waals surface area (Å²) < 4.78 is 18.3. The van der Waals surface area contributed by atoms with Crippen LogP contribution in [0.4, 0.5) is 10.5 Å². The Morgan fingerprint density at radius 1 is 0.943 bits per heavy atom. The van der Waals surface area contributed by atoms with Gasteiger partial charge >= 0.3 is 13.2 Å². The van der Waals surface area contributed by atoms with Crippen molar-refractivity contribution in [1.29, 1.82) is 0 Å². The van der Waals surface area contributed by atoms with Gasteiger partial charge in [-0.15, -0.1) is 0 Å². The van der Waals surface area contributed by atoms with Gasteiger partial charge in [0.05, 0.1) is 16.9 Å². The fraction of sp³-hybridized carbons (Fsp3) is 0.345. The summed E-state index contributed by atoms with van der Waals surface area (Å²) in [6, 6.07) is 22.9. The van der Waals surface area contributed by atoms with Gasteiger partial charge in [0.2, 0.25) is 0 Å². The molecule has 1 fully saturated rings. The molecule has 0 unspecified atom stereocenters. The van der Waals surface area contributed by atoms with Crippen molar-refractivity contribution < 1.29 is 18.8 Å². The molecule has 2 heterocycles. The third kappa shape index (κ3) is 3.58. The van der Waals surface area contributed by atoms with E-state index in [1.165, 1.54) is 22.3 Å². The molecule has 6 heteroatoms. The Morgan fingerprint density at radius 3 is 2.17 bits per heavy atom. The van der Waals surface area contributed by atoms with Crippen LogP contribution >= 0.6 is 0 Å². The average Bonchev–Trinajstić information content (AvgIpc) is 3.47. The van der Waals surface area contributed by atoms with Crippen molar-refractivity contribution in [2.75, 3.05) is 18.1 Å². The number of nitrogens with zero attached hydrogens (tertiary/aromatic N) is 1. The normalized spacial score (nSPS) is 19.4. The Hall–Kier alpha value is -3.09. The molecule has 0 atom stereocenters. The first kappa shape index (κ1) is 22.4. The van der Waals surface area contributed by atoms with Crippen molar-refractivity contribution in [3.8, 4) is 11.1 Å². The van der Waals surface area contributed by atoms with Crippen molar-refractivity contribution in [2.45, 2.75) is 51.2 Å². The molecule has 0 saturated carbocycles. The molecular weight excluding hydrogens is 437 g/mol. The van der Waals surface area contributed by atoms with Crippen LogP contribution in [0, 0.1) is 0 Å². The second-order valence-electron chi connectivity index (χ2n) is 10.7. The molecule has 0 spiro atoms. The van der Waals surface area contributed by atoms with E-state index in [1.54, 1.807) is 4.90 Å². The first-order valence-corrected chi connectivity index (χ1v) is 12.4. The summed E-state index contributed by atoms with van der Waals surface area (Å²) in [5.74, 6) is 0.0548. The molecule has 0 N–H and O–H groups in total. The summed E-state index contributed by atoms with van der Waals surface area (Å²) in [5, 5.41) is 0. The standard InChI is InChI=1S/C29H30BNO4/c1-28(2)29(3,4)35-30(34-28)20-13-14-26-19(17-20)15-16-31(26)27(32)33-18-25-23-11-7-5-9-21(23)22-10-6-8-12-24(22)25/h5-14,17,25H,15-16,18H2,1-4H3. The average molecular weight is 467 g/mol. The van der Waals surface area contributed by atoms with Gasteiger partial charge in [0.15, 0.2) is 0 Å². The van der Waals surface area contributed by atoms with Gasteiger partial charge < -0.3 is 14.0 Å². The van der Waals surface area contributed by atoms with Crippen LogP contribution in [-0.4, -0.2) is 37.6 Å². The van der Waals surface area contributed by atoms with E-state index >= 15 is 0 Å². The second-order valence-corrected chi connectivity index (χ2v) is 10.7. The number of carbonyl (C=O) groups is 1. The van der Waals surface area contributed by atoms with E-state index in [0.29, 0.717) is 13.2 Å². The first-order chi connectivity index (χ1) is 16.7. The number of fused-ring (bicyclic) bond motifs is 4. The summed E-state index contributed by atoms with van der Waals surface area (Å²) in [4.78, 5) is 14.9. The monoisotopic (exact) mass is 467 g/mol. The third-order valence-corrected chi connectivity index (χ3v) is 8.08. The van der Waals surface area contributed by atoms with E-state index in [2.05, 4.69) is 70.2 Å². The van der Waals surface area contributed by atoms with Crippen LogP contribution in [-0.2, 0) is 20.5 Å². The van der Waals surface area contributed by atoms with Gasteiger partial charge in [-0.1, -0.05) is 60.7 Å². The van der Waals surface area contributed by atoms with Gasteiger partial charge in [0.1, 0.15) is 6.61 Å². The van der Waals surface area contributed by atoms with E-state index in [1.807, 2.05) is 24.3 Å². The molecule has 3 aromatic carbocycles. The first-order valence-electron chi connectivity index (χ1n) is 12.4. The zero-order chi connectivity index (χ0) is 24.4. The zero-order valence-electron chi connectivity index (χ0n) is 20.7. The fourth-order valence-corrected chi connectivity index (χ4v) is 5.41. The SMILES string of the molecule is CC1(C)OB(c2ccc3c(c2)CCN3C(=O)OCC2c3ccccc3-c3ccccc32)OC1(C)C. The lowest BCUT2D eigenvalue weighted by Gasteiger charge is -2.32. The summed E-state index contributed by atoms with van der Waals surface area (Å²) in [7, 11) is -0.409. The van der Waals surface area contributed by atoms with Crippen molar-refractivity contribution >= 4 is 24.4 Å². The lowest BCUT2D eigenvalue weighted by atomic mass is 9.78. The van der Waals surface area contributed by atoms with E-state index in [0.717, 1.165) is 23.1 Å². The number of carbonyl (C=O) groups excluding carboxylic acids is 1. The Labute approximate surface area is 207 Å². The Morgan fingerprint density at radius 2 is 1.54 bits per heavy atom. The maximum absolute atomic E-state index is 13.2. The summed E-state index contributed by atoms with van der Waals surface area (Å²) in [5.41, 5.74) is 7.13. The maximum atomic E-state index is 13.2. The molecule has 0 aromatic heterocycles. The maximum Gasteiger partial charge on any atom is 0.494 e. The molecule has 1 saturated heterocycles. The van der Waals surface area contributed by atoms with Crippen molar-refractivity contribution in [1.82, 2.24) is 0 Å². The predicted octanol–water partition coefficient (Wildman–Crippen LogP) is 5.30. The predicted molar refractivity (Wildman–Crippen MR) is 138 cm³/mol. The third-order valence-electron chi connectivity index (χ3n) is 8.08. The number of amides is 1. The molecule has 35 heavy (non-hydrogen) atoms. The highest BCUT2D eigenvalue weighted by Crippen LogP contribution is 2.44. The fourth-order valence-electron chi connectivity index (χ4n) is 5.41.